The SMILES string of the molecule is OCC1CCCCC1CNCCSC(F)(F)F. The minimum absolute atomic E-state index is 0.0148. The molecule has 2 atom stereocenters. The summed E-state index contributed by atoms with van der Waals surface area (Å²) in [6.45, 7) is 1.30. The van der Waals surface area contributed by atoms with Crippen LogP contribution < -0.4 is 5.32 Å². The van der Waals surface area contributed by atoms with Crippen molar-refractivity contribution in [1.82, 2.24) is 5.32 Å². The molecule has 0 aromatic carbocycles. The lowest BCUT2D eigenvalue weighted by Crippen LogP contribution is -2.33. The second-order valence-corrected chi connectivity index (χ2v) is 5.65. The predicted molar refractivity (Wildman–Crippen MR) is 63.9 cm³/mol. The molecule has 1 aliphatic rings. The van der Waals surface area contributed by atoms with Gasteiger partial charge in [-0.3, -0.25) is 0 Å². The predicted octanol–water partition coefficient (Wildman–Crippen LogP) is 2.63. The number of alkyl halides is 3. The van der Waals surface area contributed by atoms with Crippen LogP contribution in [0.5, 0.6) is 0 Å². The van der Waals surface area contributed by atoms with E-state index in [1.165, 1.54) is 6.42 Å². The fourth-order valence-corrected chi connectivity index (χ4v) is 2.80. The highest BCUT2D eigenvalue weighted by molar-refractivity contribution is 8.00. The van der Waals surface area contributed by atoms with Crippen LogP contribution in [0.3, 0.4) is 0 Å². The van der Waals surface area contributed by atoms with Gasteiger partial charge in [-0.1, -0.05) is 12.8 Å². The molecule has 0 radical (unpaired) electrons. The third kappa shape index (κ3) is 6.52. The average Bonchev–Trinajstić information content (AvgIpc) is 2.27. The molecule has 1 saturated carbocycles. The Morgan fingerprint density at radius 2 is 1.82 bits per heavy atom. The molecule has 0 amide bonds. The minimum atomic E-state index is -4.12. The van der Waals surface area contributed by atoms with Gasteiger partial charge in [0.25, 0.3) is 0 Å². The maximum atomic E-state index is 11.9. The first kappa shape index (κ1) is 15.1. The standard InChI is InChI=1S/C11H20F3NOS/c12-11(13,14)17-6-5-15-7-9-3-1-2-4-10(9)8-16/h9-10,15-16H,1-8H2. The number of rotatable bonds is 6. The Morgan fingerprint density at radius 1 is 1.18 bits per heavy atom. The molecule has 1 fully saturated rings. The maximum Gasteiger partial charge on any atom is 0.441 e. The first-order valence-corrected chi connectivity index (χ1v) is 7.04. The van der Waals surface area contributed by atoms with Gasteiger partial charge in [-0.2, -0.15) is 13.2 Å². The van der Waals surface area contributed by atoms with Gasteiger partial charge in [-0.15, -0.1) is 0 Å². The van der Waals surface area contributed by atoms with Crippen molar-refractivity contribution < 1.29 is 18.3 Å². The molecule has 2 nitrogen and oxygen atoms in total. The molecule has 0 bridgehead atoms. The quantitative estimate of drug-likeness (QED) is 0.728. The number of thioether (sulfide) groups is 1. The van der Waals surface area contributed by atoms with Crippen molar-refractivity contribution in [2.75, 3.05) is 25.4 Å². The monoisotopic (exact) mass is 271 g/mol. The number of nitrogens with one attached hydrogen (secondary N) is 1. The van der Waals surface area contributed by atoms with Crippen molar-refractivity contribution in [1.29, 1.82) is 0 Å². The van der Waals surface area contributed by atoms with Crippen LogP contribution in [0.1, 0.15) is 25.7 Å². The highest BCUT2D eigenvalue weighted by Gasteiger charge is 2.27. The van der Waals surface area contributed by atoms with Crippen LogP contribution in [-0.4, -0.2) is 36.1 Å². The van der Waals surface area contributed by atoms with Crippen molar-refractivity contribution in [2.45, 2.75) is 31.2 Å². The van der Waals surface area contributed by atoms with Crippen molar-refractivity contribution in [3.8, 4) is 0 Å². The number of aliphatic hydroxyl groups is 1. The molecule has 2 unspecified atom stereocenters. The summed E-state index contributed by atoms with van der Waals surface area (Å²) in [4.78, 5) is 0. The third-order valence-electron chi connectivity index (χ3n) is 3.25. The molecule has 1 rings (SSSR count). The van der Waals surface area contributed by atoms with E-state index in [1.807, 2.05) is 0 Å². The average molecular weight is 271 g/mol. The Bertz CT molecular complexity index is 213. The Balaban J connectivity index is 2.08. The summed E-state index contributed by atoms with van der Waals surface area (Å²) in [6, 6.07) is 0. The zero-order valence-electron chi connectivity index (χ0n) is 9.80. The van der Waals surface area contributed by atoms with E-state index in [1.54, 1.807) is 0 Å². The number of hydrogen-bond donors (Lipinski definition) is 2. The highest BCUT2D eigenvalue weighted by Crippen LogP contribution is 2.30. The molecule has 102 valence electrons. The van der Waals surface area contributed by atoms with E-state index in [0.717, 1.165) is 25.8 Å². The van der Waals surface area contributed by atoms with Crippen molar-refractivity contribution >= 4 is 11.8 Å². The number of hydrogen-bond acceptors (Lipinski definition) is 3. The molecule has 0 saturated heterocycles. The van der Waals surface area contributed by atoms with E-state index in [0.29, 0.717) is 18.4 Å². The molecule has 6 heteroatoms. The van der Waals surface area contributed by atoms with Gasteiger partial charge in [0.1, 0.15) is 0 Å². The smallest absolute Gasteiger partial charge is 0.396 e. The molecule has 0 spiro atoms. The second-order valence-electron chi connectivity index (χ2n) is 4.49. The zero-order chi connectivity index (χ0) is 12.7. The van der Waals surface area contributed by atoms with Gasteiger partial charge in [-0.25, -0.2) is 0 Å². The first-order chi connectivity index (χ1) is 8.03. The van der Waals surface area contributed by atoms with Crippen molar-refractivity contribution in [3.05, 3.63) is 0 Å². The van der Waals surface area contributed by atoms with E-state index < -0.39 is 5.51 Å². The molecule has 0 aromatic heterocycles. The summed E-state index contributed by atoms with van der Waals surface area (Å²) in [5.74, 6) is 0.802. The van der Waals surface area contributed by atoms with E-state index in [-0.39, 0.29) is 24.1 Å². The Kier molecular flexibility index (Phi) is 6.66. The van der Waals surface area contributed by atoms with Crippen LogP contribution in [0, 0.1) is 11.8 Å². The highest BCUT2D eigenvalue weighted by atomic mass is 32.2. The largest absolute Gasteiger partial charge is 0.441 e. The number of halogens is 3. The Morgan fingerprint density at radius 3 is 2.41 bits per heavy atom. The van der Waals surface area contributed by atoms with Crippen LogP contribution in [0.4, 0.5) is 13.2 Å². The second kappa shape index (κ2) is 7.48. The van der Waals surface area contributed by atoms with Gasteiger partial charge in [0, 0.05) is 18.9 Å². The lowest BCUT2D eigenvalue weighted by molar-refractivity contribution is -0.0327. The first-order valence-electron chi connectivity index (χ1n) is 6.05. The van der Waals surface area contributed by atoms with Gasteiger partial charge in [0.15, 0.2) is 0 Å². The molecule has 0 heterocycles. The fourth-order valence-electron chi connectivity index (χ4n) is 2.32. The molecule has 2 N–H and O–H groups in total. The molecular weight excluding hydrogens is 251 g/mol. The topological polar surface area (TPSA) is 32.3 Å². The Hall–Kier alpha value is 0.0600. The van der Waals surface area contributed by atoms with E-state index in [4.69, 9.17) is 0 Å². The molecule has 1 aliphatic carbocycles. The van der Waals surface area contributed by atoms with Crippen LogP contribution in [-0.2, 0) is 0 Å². The Labute approximate surface area is 104 Å². The lowest BCUT2D eigenvalue weighted by Gasteiger charge is -2.30. The summed E-state index contributed by atoms with van der Waals surface area (Å²) in [7, 11) is 0. The van der Waals surface area contributed by atoms with Crippen LogP contribution in [0.2, 0.25) is 0 Å². The number of aliphatic hydroxyl groups excluding tert-OH is 1. The summed E-state index contributed by atoms with van der Waals surface area (Å²) < 4.78 is 35.6. The van der Waals surface area contributed by atoms with Gasteiger partial charge in [-0.05, 0) is 43.0 Å². The summed E-state index contributed by atoms with van der Waals surface area (Å²) in [5.41, 5.74) is -4.12. The fraction of sp³-hybridized carbons (Fsp3) is 1.00. The van der Waals surface area contributed by atoms with Gasteiger partial charge in [0.2, 0.25) is 0 Å². The molecule has 0 aliphatic heterocycles. The van der Waals surface area contributed by atoms with Crippen molar-refractivity contribution in [2.24, 2.45) is 11.8 Å². The van der Waals surface area contributed by atoms with Crippen molar-refractivity contribution in [3.63, 3.8) is 0 Å². The van der Waals surface area contributed by atoms with E-state index in [9.17, 15) is 18.3 Å². The summed E-state index contributed by atoms with van der Waals surface area (Å²) in [6.07, 6.45) is 4.44. The summed E-state index contributed by atoms with van der Waals surface area (Å²) >= 11 is 0.0148. The lowest BCUT2D eigenvalue weighted by atomic mass is 9.80. The van der Waals surface area contributed by atoms with E-state index >= 15 is 0 Å². The van der Waals surface area contributed by atoms with Crippen LogP contribution in [0.25, 0.3) is 0 Å². The molecule has 0 aromatic rings. The van der Waals surface area contributed by atoms with Gasteiger partial charge < -0.3 is 10.4 Å². The molecule has 17 heavy (non-hydrogen) atoms. The normalized spacial score (nSPS) is 26.1. The minimum Gasteiger partial charge on any atom is -0.396 e. The summed E-state index contributed by atoms with van der Waals surface area (Å²) in [5, 5.41) is 12.3. The maximum absolute atomic E-state index is 11.9. The molecular formula is C11H20F3NOS. The van der Waals surface area contributed by atoms with Gasteiger partial charge in [0.05, 0.1) is 0 Å². The zero-order valence-corrected chi connectivity index (χ0v) is 10.6. The van der Waals surface area contributed by atoms with Crippen LogP contribution in [0.15, 0.2) is 0 Å². The van der Waals surface area contributed by atoms with E-state index in [2.05, 4.69) is 5.32 Å². The van der Waals surface area contributed by atoms with Gasteiger partial charge >= 0.3 is 5.51 Å². The third-order valence-corrected chi connectivity index (χ3v) is 3.99. The van der Waals surface area contributed by atoms with Crippen LogP contribution >= 0.6 is 11.8 Å².